The first-order valence-electron chi connectivity index (χ1n) is 8.08. The van der Waals surface area contributed by atoms with E-state index >= 15 is 0 Å². The molecule has 3 aromatic rings. The number of aryl methyl sites for hydroxylation is 1. The molecule has 0 atom stereocenters. The molecule has 0 radical (unpaired) electrons. The van der Waals surface area contributed by atoms with Gasteiger partial charge in [-0.3, -0.25) is 0 Å². The van der Waals surface area contributed by atoms with Gasteiger partial charge >= 0.3 is 0 Å². The van der Waals surface area contributed by atoms with Gasteiger partial charge in [0.05, 0.1) is 0 Å². The Labute approximate surface area is 138 Å². The minimum Gasteiger partial charge on any atom is -0.361 e. The van der Waals surface area contributed by atoms with Crippen LogP contribution in [0.5, 0.6) is 0 Å². The summed E-state index contributed by atoms with van der Waals surface area (Å²) in [5, 5.41) is 1.25. The highest BCUT2D eigenvalue weighted by Gasteiger charge is 2.13. The molecule has 0 aliphatic rings. The summed E-state index contributed by atoms with van der Waals surface area (Å²) in [6.07, 6.45) is 5.91. The van der Waals surface area contributed by atoms with Crippen LogP contribution in [-0.2, 0) is 18.5 Å². The lowest BCUT2D eigenvalue weighted by molar-refractivity contribution is 0.0883. The van der Waals surface area contributed by atoms with Crippen molar-refractivity contribution in [1.82, 2.24) is 14.1 Å². The lowest BCUT2D eigenvalue weighted by Gasteiger charge is -2.16. The number of nitrogens with zero attached hydrogens (tertiary/aromatic N) is 3. The first-order chi connectivity index (χ1) is 10.9. The lowest BCUT2D eigenvalue weighted by Crippen LogP contribution is -2.22. The van der Waals surface area contributed by atoms with Crippen molar-refractivity contribution in [3.05, 3.63) is 42.9 Å². The van der Waals surface area contributed by atoms with Gasteiger partial charge in [-0.15, -0.1) is 0 Å². The quantitative estimate of drug-likeness (QED) is 0.498. The average molecular weight is 328 g/mol. The van der Waals surface area contributed by atoms with Crippen LogP contribution < -0.4 is 0 Å². The van der Waals surface area contributed by atoms with Gasteiger partial charge in [0.25, 0.3) is 0 Å². The van der Waals surface area contributed by atoms with Crippen molar-refractivity contribution in [3.63, 3.8) is 0 Å². The van der Waals surface area contributed by atoms with Crippen molar-refractivity contribution >= 4 is 19.0 Å². The maximum absolute atomic E-state index is 5.86. The predicted octanol–water partition coefficient (Wildman–Crippen LogP) is 4.35. The van der Waals surface area contributed by atoms with Crippen LogP contribution in [0.4, 0.5) is 0 Å². The molecule has 5 heteroatoms. The summed E-state index contributed by atoms with van der Waals surface area (Å²) < 4.78 is 10.1. The summed E-state index contributed by atoms with van der Waals surface area (Å²) in [5.41, 5.74) is 2.34. The maximum atomic E-state index is 5.86. The molecule has 0 N–H and O–H groups in total. The molecule has 2 heterocycles. The van der Waals surface area contributed by atoms with E-state index in [2.05, 4.69) is 71.3 Å². The van der Waals surface area contributed by atoms with Crippen LogP contribution in [0, 0.1) is 0 Å². The first-order valence-corrected chi connectivity index (χ1v) is 11.8. The van der Waals surface area contributed by atoms with Crippen molar-refractivity contribution in [1.29, 1.82) is 0 Å². The molecular weight excluding hydrogens is 302 g/mol. The van der Waals surface area contributed by atoms with E-state index < -0.39 is 8.07 Å². The third-order valence-electron chi connectivity index (χ3n) is 4.09. The van der Waals surface area contributed by atoms with Gasteiger partial charge in [-0.25, -0.2) is 4.98 Å². The van der Waals surface area contributed by atoms with E-state index in [1.165, 1.54) is 16.9 Å². The van der Waals surface area contributed by atoms with Gasteiger partial charge in [0.2, 0.25) is 0 Å². The predicted molar refractivity (Wildman–Crippen MR) is 98.2 cm³/mol. The van der Waals surface area contributed by atoms with E-state index in [0.29, 0.717) is 6.73 Å². The maximum Gasteiger partial charge on any atom is 0.141 e. The van der Waals surface area contributed by atoms with Crippen LogP contribution in [-0.4, -0.2) is 28.8 Å². The SMILES string of the molecule is Cn1ccc2ccc(-c3nccn3COCC[Si](C)(C)C)cc21. The molecule has 0 amide bonds. The second-order valence-corrected chi connectivity index (χ2v) is 12.9. The third kappa shape index (κ3) is 3.73. The molecule has 0 aliphatic carbocycles. The number of aromatic nitrogens is 3. The van der Waals surface area contributed by atoms with Crippen molar-refractivity contribution in [2.45, 2.75) is 32.4 Å². The van der Waals surface area contributed by atoms with Crippen LogP contribution >= 0.6 is 0 Å². The molecule has 0 unspecified atom stereocenters. The van der Waals surface area contributed by atoms with E-state index in [4.69, 9.17) is 4.74 Å². The van der Waals surface area contributed by atoms with E-state index in [1.54, 1.807) is 0 Å². The van der Waals surface area contributed by atoms with E-state index in [0.717, 1.165) is 18.0 Å². The zero-order valence-electron chi connectivity index (χ0n) is 14.4. The summed E-state index contributed by atoms with van der Waals surface area (Å²) in [7, 11) is 1.03. The monoisotopic (exact) mass is 327 g/mol. The van der Waals surface area contributed by atoms with Crippen molar-refractivity contribution in [2.24, 2.45) is 7.05 Å². The number of imidazole rings is 1. The van der Waals surface area contributed by atoms with Crippen LogP contribution in [0.15, 0.2) is 42.9 Å². The molecule has 0 aliphatic heterocycles. The molecule has 0 saturated carbocycles. The molecule has 3 rings (SSSR count). The second kappa shape index (κ2) is 6.33. The van der Waals surface area contributed by atoms with Crippen LogP contribution in [0.1, 0.15) is 0 Å². The Bertz CT molecular complexity index is 798. The molecule has 0 spiro atoms. The van der Waals surface area contributed by atoms with Gasteiger partial charge in [-0.1, -0.05) is 31.8 Å². The van der Waals surface area contributed by atoms with Crippen molar-refractivity contribution < 1.29 is 4.74 Å². The van der Waals surface area contributed by atoms with E-state index in [-0.39, 0.29) is 0 Å². The minimum absolute atomic E-state index is 0.561. The second-order valence-electron chi connectivity index (χ2n) is 7.27. The van der Waals surface area contributed by atoms with Gasteiger partial charge in [0.1, 0.15) is 12.6 Å². The fraction of sp³-hybridized carbons (Fsp3) is 0.389. The van der Waals surface area contributed by atoms with E-state index in [1.807, 2.05) is 12.4 Å². The van der Waals surface area contributed by atoms with Gasteiger partial charge in [0, 0.05) is 51.4 Å². The molecule has 1 aromatic carbocycles. The number of hydrogen-bond donors (Lipinski definition) is 0. The Hall–Kier alpha value is -1.85. The summed E-state index contributed by atoms with van der Waals surface area (Å²) in [6, 6.07) is 9.78. The number of fused-ring (bicyclic) bond motifs is 1. The van der Waals surface area contributed by atoms with Crippen LogP contribution in [0.2, 0.25) is 25.7 Å². The summed E-state index contributed by atoms with van der Waals surface area (Å²) in [6.45, 7) is 8.49. The number of ether oxygens (including phenoxy) is 1. The average Bonchev–Trinajstić information content (AvgIpc) is 3.10. The van der Waals surface area contributed by atoms with Crippen molar-refractivity contribution in [2.75, 3.05) is 6.61 Å². The number of hydrogen-bond acceptors (Lipinski definition) is 2. The Morgan fingerprint density at radius 3 is 2.74 bits per heavy atom. The number of benzene rings is 1. The lowest BCUT2D eigenvalue weighted by atomic mass is 10.1. The van der Waals surface area contributed by atoms with Crippen LogP contribution in [0.3, 0.4) is 0 Å². The van der Waals surface area contributed by atoms with Crippen molar-refractivity contribution in [3.8, 4) is 11.4 Å². The summed E-state index contributed by atoms with van der Waals surface area (Å²) >= 11 is 0. The first kappa shape index (κ1) is 16.0. The van der Waals surface area contributed by atoms with Gasteiger partial charge in [-0.05, 0) is 23.6 Å². The molecule has 0 fully saturated rings. The third-order valence-corrected chi connectivity index (χ3v) is 5.79. The minimum atomic E-state index is -1.04. The molecular formula is C18H25N3OSi. The number of rotatable bonds is 6. The summed E-state index contributed by atoms with van der Waals surface area (Å²) in [4.78, 5) is 4.52. The Balaban J connectivity index is 1.75. The highest BCUT2D eigenvalue weighted by Crippen LogP contribution is 2.24. The standard InChI is InChI=1S/C18H25N3OSi/c1-20-9-7-15-5-6-16(13-17(15)20)18-19-8-10-21(18)14-22-11-12-23(2,3)4/h5-10,13H,11-12,14H2,1-4H3. The zero-order valence-corrected chi connectivity index (χ0v) is 15.4. The van der Waals surface area contributed by atoms with Gasteiger partial charge in [-0.2, -0.15) is 0 Å². The highest BCUT2D eigenvalue weighted by atomic mass is 28.3. The highest BCUT2D eigenvalue weighted by molar-refractivity contribution is 6.76. The molecule has 0 bridgehead atoms. The molecule has 2 aromatic heterocycles. The zero-order chi connectivity index (χ0) is 16.4. The fourth-order valence-electron chi connectivity index (χ4n) is 2.62. The Morgan fingerprint density at radius 1 is 1.13 bits per heavy atom. The molecule has 122 valence electrons. The van der Waals surface area contributed by atoms with E-state index in [9.17, 15) is 0 Å². The van der Waals surface area contributed by atoms with Gasteiger partial charge in [0.15, 0.2) is 0 Å². The fourth-order valence-corrected chi connectivity index (χ4v) is 3.37. The van der Waals surface area contributed by atoms with Gasteiger partial charge < -0.3 is 13.9 Å². The smallest absolute Gasteiger partial charge is 0.141 e. The molecule has 4 nitrogen and oxygen atoms in total. The Kier molecular flexibility index (Phi) is 4.41. The summed E-state index contributed by atoms with van der Waals surface area (Å²) in [5.74, 6) is 0.959. The molecule has 0 saturated heterocycles. The topological polar surface area (TPSA) is 32.0 Å². The largest absolute Gasteiger partial charge is 0.361 e. The van der Waals surface area contributed by atoms with Crippen LogP contribution in [0.25, 0.3) is 22.3 Å². The Morgan fingerprint density at radius 2 is 1.96 bits per heavy atom. The normalized spacial score (nSPS) is 12.2. The molecule has 23 heavy (non-hydrogen) atoms.